The number of morpholine rings is 1. The molecule has 3 atom stereocenters. The molecule has 2 N–H and O–H groups in total. The molecule has 0 aromatic rings. The molecule has 104 valence electrons. The van der Waals surface area contributed by atoms with Crippen molar-refractivity contribution < 1.29 is 4.74 Å². The molecule has 3 unspecified atom stereocenters. The van der Waals surface area contributed by atoms with Gasteiger partial charge in [-0.25, -0.2) is 0 Å². The molecule has 3 rings (SSSR count). The molecule has 2 bridgehead atoms. The lowest BCUT2D eigenvalue weighted by Gasteiger charge is -2.43. The van der Waals surface area contributed by atoms with Crippen molar-refractivity contribution in [2.75, 3.05) is 32.8 Å². The van der Waals surface area contributed by atoms with Crippen LogP contribution < -0.4 is 5.73 Å². The van der Waals surface area contributed by atoms with Crippen LogP contribution >= 0.6 is 0 Å². The normalized spacial score (nSPS) is 43.5. The second-order valence-corrected chi connectivity index (χ2v) is 7.16. The van der Waals surface area contributed by atoms with Crippen molar-refractivity contribution >= 4 is 0 Å². The smallest absolute Gasteiger partial charge is 0.0594 e. The van der Waals surface area contributed by atoms with E-state index in [0.717, 1.165) is 32.2 Å². The second kappa shape index (κ2) is 4.46. The SMILES string of the molecule is CC1(C)C2CCC1(CCN1CCOCC1)C(N)C2. The summed E-state index contributed by atoms with van der Waals surface area (Å²) in [5.41, 5.74) is 7.37. The first-order chi connectivity index (χ1) is 8.56. The molecular weight excluding hydrogens is 224 g/mol. The molecule has 0 aromatic carbocycles. The summed E-state index contributed by atoms with van der Waals surface area (Å²) in [5, 5.41) is 0. The molecule has 0 radical (unpaired) electrons. The number of hydrogen-bond donors (Lipinski definition) is 1. The Bertz CT molecular complexity index is 312. The number of rotatable bonds is 3. The van der Waals surface area contributed by atoms with E-state index in [9.17, 15) is 0 Å². The van der Waals surface area contributed by atoms with Crippen LogP contribution in [-0.2, 0) is 4.74 Å². The maximum Gasteiger partial charge on any atom is 0.0594 e. The summed E-state index contributed by atoms with van der Waals surface area (Å²) in [6.45, 7) is 10.2. The van der Waals surface area contributed by atoms with Gasteiger partial charge in [0.2, 0.25) is 0 Å². The summed E-state index contributed by atoms with van der Waals surface area (Å²) in [5.74, 6) is 0.872. The standard InChI is InChI=1S/C15H28N2O/c1-14(2)12-3-4-15(14,13(16)11-12)5-6-17-7-9-18-10-8-17/h12-13H,3-11,16H2,1-2H3. The van der Waals surface area contributed by atoms with Gasteiger partial charge in [-0.2, -0.15) is 0 Å². The van der Waals surface area contributed by atoms with Gasteiger partial charge in [-0.1, -0.05) is 13.8 Å². The van der Waals surface area contributed by atoms with Crippen LogP contribution in [0.2, 0.25) is 0 Å². The molecule has 3 aliphatic rings. The molecule has 1 saturated heterocycles. The average Bonchev–Trinajstić information content (AvgIpc) is 2.72. The Hall–Kier alpha value is -0.120. The predicted molar refractivity (Wildman–Crippen MR) is 73.4 cm³/mol. The minimum Gasteiger partial charge on any atom is -0.379 e. The number of fused-ring (bicyclic) bond motifs is 2. The van der Waals surface area contributed by atoms with Crippen molar-refractivity contribution in [2.24, 2.45) is 22.5 Å². The van der Waals surface area contributed by atoms with Gasteiger partial charge in [0.15, 0.2) is 0 Å². The van der Waals surface area contributed by atoms with Gasteiger partial charge in [-0.3, -0.25) is 4.90 Å². The summed E-state index contributed by atoms with van der Waals surface area (Å²) in [6, 6.07) is 0.437. The molecule has 18 heavy (non-hydrogen) atoms. The van der Waals surface area contributed by atoms with Crippen molar-refractivity contribution in [3.63, 3.8) is 0 Å². The second-order valence-electron chi connectivity index (χ2n) is 7.16. The average molecular weight is 252 g/mol. The van der Waals surface area contributed by atoms with E-state index in [0.29, 0.717) is 16.9 Å². The van der Waals surface area contributed by atoms with Crippen LogP contribution in [0.25, 0.3) is 0 Å². The van der Waals surface area contributed by atoms with Crippen LogP contribution in [0.5, 0.6) is 0 Å². The third-order valence-electron chi connectivity index (χ3n) is 6.47. The highest BCUT2D eigenvalue weighted by Crippen LogP contribution is 2.66. The van der Waals surface area contributed by atoms with Gasteiger partial charge >= 0.3 is 0 Å². The topological polar surface area (TPSA) is 38.5 Å². The van der Waals surface area contributed by atoms with Crippen molar-refractivity contribution in [1.29, 1.82) is 0 Å². The number of ether oxygens (including phenoxy) is 1. The summed E-state index contributed by atoms with van der Waals surface area (Å²) in [4.78, 5) is 2.56. The molecule has 3 fully saturated rings. The van der Waals surface area contributed by atoms with E-state index < -0.39 is 0 Å². The van der Waals surface area contributed by atoms with Crippen LogP contribution in [0.15, 0.2) is 0 Å². The highest BCUT2D eigenvalue weighted by molar-refractivity contribution is 5.14. The van der Waals surface area contributed by atoms with Crippen molar-refractivity contribution in [3.8, 4) is 0 Å². The van der Waals surface area contributed by atoms with E-state index in [1.165, 1.54) is 32.2 Å². The van der Waals surface area contributed by atoms with E-state index >= 15 is 0 Å². The van der Waals surface area contributed by atoms with Gasteiger partial charge in [-0.15, -0.1) is 0 Å². The van der Waals surface area contributed by atoms with Crippen molar-refractivity contribution in [1.82, 2.24) is 4.90 Å². The van der Waals surface area contributed by atoms with Crippen molar-refractivity contribution in [3.05, 3.63) is 0 Å². The quantitative estimate of drug-likeness (QED) is 0.833. The molecule has 3 nitrogen and oxygen atoms in total. The molecule has 2 aliphatic carbocycles. The Labute approximate surface area is 111 Å². The summed E-state index contributed by atoms with van der Waals surface area (Å²) in [6.07, 6.45) is 5.31. The third kappa shape index (κ3) is 1.75. The molecule has 1 heterocycles. The van der Waals surface area contributed by atoms with Crippen LogP contribution in [0.4, 0.5) is 0 Å². The number of nitrogens with zero attached hydrogens (tertiary/aromatic N) is 1. The van der Waals surface area contributed by atoms with E-state index in [1.54, 1.807) is 0 Å². The van der Waals surface area contributed by atoms with Crippen molar-refractivity contribution in [2.45, 2.75) is 45.6 Å². The zero-order valence-corrected chi connectivity index (χ0v) is 12.0. The first-order valence-corrected chi connectivity index (χ1v) is 7.62. The Morgan fingerprint density at radius 3 is 2.56 bits per heavy atom. The van der Waals surface area contributed by atoms with E-state index in [4.69, 9.17) is 10.5 Å². The fourth-order valence-electron chi connectivity index (χ4n) is 4.94. The lowest BCUT2D eigenvalue weighted by atomic mass is 9.65. The van der Waals surface area contributed by atoms with Gasteiger partial charge < -0.3 is 10.5 Å². The molecule has 1 aliphatic heterocycles. The van der Waals surface area contributed by atoms with Gasteiger partial charge in [0, 0.05) is 19.1 Å². The minimum absolute atomic E-state index is 0.413. The Morgan fingerprint density at radius 1 is 1.28 bits per heavy atom. The molecule has 3 heteroatoms. The largest absolute Gasteiger partial charge is 0.379 e. The fraction of sp³-hybridized carbons (Fsp3) is 1.00. The molecular formula is C15H28N2O. The Balaban J connectivity index is 1.66. The lowest BCUT2D eigenvalue weighted by molar-refractivity contribution is 0.0195. The van der Waals surface area contributed by atoms with Gasteiger partial charge in [0.25, 0.3) is 0 Å². The van der Waals surface area contributed by atoms with Crippen LogP contribution in [0.3, 0.4) is 0 Å². The van der Waals surface area contributed by atoms with E-state index in [1.807, 2.05) is 0 Å². The number of hydrogen-bond acceptors (Lipinski definition) is 3. The summed E-state index contributed by atoms with van der Waals surface area (Å²) in [7, 11) is 0. The van der Waals surface area contributed by atoms with E-state index in [2.05, 4.69) is 18.7 Å². The Morgan fingerprint density at radius 2 is 2.00 bits per heavy atom. The predicted octanol–water partition coefficient (Wildman–Crippen LogP) is 1.86. The summed E-state index contributed by atoms with van der Waals surface area (Å²) < 4.78 is 5.43. The first-order valence-electron chi connectivity index (χ1n) is 7.62. The Kier molecular flexibility index (Phi) is 3.20. The maximum atomic E-state index is 6.50. The van der Waals surface area contributed by atoms with Crippen LogP contribution in [0.1, 0.15) is 39.5 Å². The molecule has 0 aromatic heterocycles. The molecule has 2 saturated carbocycles. The minimum atomic E-state index is 0.413. The fourth-order valence-corrected chi connectivity index (χ4v) is 4.94. The maximum absolute atomic E-state index is 6.50. The van der Waals surface area contributed by atoms with Gasteiger partial charge in [-0.05, 0) is 49.0 Å². The monoisotopic (exact) mass is 252 g/mol. The zero-order chi connectivity index (χ0) is 12.8. The highest BCUT2D eigenvalue weighted by Gasteiger charge is 2.62. The van der Waals surface area contributed by atoms with Gasteiger partial charge in [0.05, 0.1) is 13.2 Å². The molecule has 0 amide bonds. The first kappa shape index (κ1) is 12.9. The van der Waals surface area contributed by atoms with Crippen LogP contribution in [-0.4, -0.2) is 43.8 Å². The lowest BCUT2D eigenvalue weighted by Crippen LogP contribution is -2.47. The van der Waals surface area contributed by atoms with Gasteiger partial charge in [0.1, 0.15) is 0 Å². The number of nitrogens with two attached hydrogens (primary N) is 1. The third-order valence-corrected chi connectivity index (χ3v) is 6.47. The van der Waals surface area contributed by atoms with Crippen LogP contribution in [0, 0.1) is 16.7 Å². The molecule has 0 spiro atoms. The summed E-state index contributed by atoms with van der Waals surface area (Å²) >= 11 is 0. The van der Waals surface area contributed by atoms with E-state index in [-0.39, 0.29) is 0 Å². The highest BCUT2D eigenvalue weighted by atomic mass is 16.5. The zero-order valence-electron chi connectivity index (χ0n) is 12.0.